The van der Waals surface area contributed by atoms with Crippen molar-refractivity contribution in [2.45, 2.75) is 26.8 Å². The average molecular weight is 279 g/mol. The van der Waals surface area contributed by atoms with E-state index in [1.54, 1.807) is 0 Å². The van der Waals surface area contributed by atoms with Crippen LogP contribution in [-0.2, 0) is 6.54 Å². The van der Waals surface area contributed by atoms with E-state index in [-0.39, 0.29) is 0 Å². The minimum atomic E-state index is 0.875. The molecule has 21 heavy (non-hydrogen) atoms. The van der Waals surface area contributed by atoms with Crippen molar-refractivity contribution in [3.8, 4) is 11.3 Å². The predicted octanol–water partition coefficient (Wildman–Crippen LogP) is 4.91. The van der Waals surface area contributed by atoms with E-state index in [1.807, 2.05) is 18.2 Å². The number of rotatable bonds is 5. The summed E-state index contributed by atoms with van der Waals surface area (Å²) in [6.45, 7) is 6.21. The van der Waals surface area contributed by atoms with Gasteiger partial charge >= 0.3 is 0 Å². The average Bonchev–Trinajstić information content (AvgIpc) is 2.92. The molecule has 0 aliphatic carbocycles. The van der Waals surface area contributed by atoms with Gasteiger partial charge in [0.1, 0.15) is 11.3 Å². The van der Waals surface area contributed by atoms with Crippen molar-refractivity contribution >= 4 is 11.0 Å². The van der Waals surface area contributed by atoms with Crippen molar-refractivity contribution in [2.75, 3.05) is 6.54 Å². The number of aryl methyl sites for hydroxylation is 1. The Morgan fingerprint density at radius 1 is 1.05 bits per heavy atom. The summed E-state index contributed by atoms with van der Waals surface area (Å²) >= 11 is 0. The van der Waals surface area contributed by atoms with Crippen LogP contribution in [0.25, 0.3) is 22.3 Å². The first-order valence-electron chi connectivity index (χ1n) is 7.57. The molecular weight excluding hydrogens is 258 g/mol. The molecule has 0 radical (unpaired) electrons. The zero-order chi connectivity index (χ0) is 14.7. The molecule has 0 saturated carbocycles. The van der Waals surface area contributed by atoms with E-state index >= 15 is 0 Å². The van der Waals surface area contributed by atoms with Crippen LogP contribution in [0.15, 0.2) is 52.9 Å². The van der Waals surface area contributed by atoms with Crippen LogP contribution < -0.4 is 5.32 Å². The monoisotopic (exact) mass is 279 g/mol. The van der Waals surface area contributed by atoms with E-state index in [2.05, 4.69) is 49.5 Å². The van der Waals surface area contributed by atoms with E-state index in [1.165, 1.54) is 16.7 Å². The highest BCUT2D eigenvalue weighted by molar-refractivity contribution is 5.83. The molecule has 1 aromatic heterocycles. The lowest BCUT2D eigenvalue weighted by molar-refractivity contribution is 0.627. The standard InChI is InChI=1S/C19H21NO/c1-3-10-20-13-16-9-8-14(2)11-17(16)19-12-15-6-4-5-7-18(15)21-19/h4-9,11-12,20H,3,10,13H2,1-2H3. The van der Waals surface area contributed by atoms with Gasteiger partial charge in [-0.1, -0.05) is 42.8 Å². The molecule has 0 spiro atoms. The van der Waals surface area contributed by atoms with Crippen molar-refractivity contribution < 1.29 is 4.42 Å². The molecule has 0 amide bonds. The summed E-state index contributed by atoms with van der Waals surface area (Å²) in [4.78, 5) is 0. The zero-order valence-corrected chi connectivity index (χ0v) is 12.6. The maximum atomic E-state index is 6.03. The van der Waals surface area contributed by atoms with E-state index in [0.717, 1.165) is 36.2 Å². The van der Waals surface area contributed by atoms with Gasteiger partial charge in [-0.25, -0.2) is 0 Å². The normalized spacial score (nSPS) is 11.1. The number of furan rings is 1. The summed E-state index contributed by atoms with van der Waals surface area (Å²) in [5, 5.41) is 4.63. The summed E-state index contributed by atoms with van der Waals surface area (Å²) < 4.78 is 6.03. The number of nitrogens with one attached hydrogen (secondary N) is 1. The molecule has 2 heteroatoms. The van der Waals surface area contributed by atoms with Gasteiger partial charge in [-0.05, 0) is 43.7 Å². The van der Waals surface area contributed by atoms with Gasteiger partial charge in [-0.3, -0.25) is 0 Å². The smallest absolute Gasteiger partial charge is 0.135 e. The van der Waals surface area contributed by atoms with Crippen molar-refractivity contribution in [2.24, 2.45) is 0 Å². The lowest BCUT2D eigenvalue weighted by atomic mass is 10.0. The van der Waals surface area contributed by atoms with Crippen LogP contribution in [0, 0.1) is 6.92 Å². The minimum Gasteiger partial charge on any atom is -0.456 e. The number of hydrogen-bond acceptors (Lipinski definition) is 2. The third-order valence-electron chi connectivity index (χ3n) is 3.70. The lowest BCUT2D eigenvalue weighted by Gasteiger charge is -2.09. The second-order valence-corrected chi connectivity index (χ2v) is 5.49. The van der Waals surface area contributed by atoms with Crippen molar-refractivity contribution in [3.05, 3.63) is 59.7 Å². The van der Waals surface area contributed by atoms with E-state index in [4.69, 9.17) is 4.42 Å². The van der Waals surface area contributed by atoms with E-state index < -0.39 is 0 Å². The Morgan fingerprint density at radius 3 is 2.71 bits per heavy atom. The van der Waals surface area contributed by atoms with E-state index in [9.17, 15) is 0 Å². The van der Waals surface area contributed by atoms with Crippen LogP contribution in [-0.4, -0.2) is 6.54 Å². The molecule has 108 valence electrons. The fourth-order valence-electron chi connectivity index (χ4n) is 2.59. The first-order valence-corrected chi connectivity index (χ1v) is 7.57. The van der Waals surface area contributed by atoms with Crippen LogP contribution in [0.2, 0.25) is 0 Å². The molecule has 2 aromatic carbocycles. The Morgan fingerprint density at radius 2 is 1.90 bits per heavy atom. The van der Waals surface area contributed by atoms with Gasteiger partial charge in [-0.2, -0.15) is 0 Å². The second kappa shape index (κ2) is 6.15. The maximum Gasteiger partial charge on any atom is 0.135 e. The molecule has 0 aliphatic rings. The highest BCUT2D eigenvalue weighted by Crippen LogP contribution is 2.30. The fourth-order valence-corrected chi connectivity index (χ4v) is 2.59. The van der Waals surface area contributed by atoms with E-state index in [0.29, 0.717) is 0 Å². The molecule has 0 fully saturated rings. The molecular formula is C19H21NO. The fraction of sp³-hybridized carbons (Fsp3) is 0.263. The van der Waals surface area contributed by atoms with Gasteiger partial charge in [0.2, 0.25) is 0 Å². The zero-order valence-electron chi connectivity index (χ0n) is 12.6. The highest BCUT2D eigenvalue weighted by Gasteiger charge is 2.10. The number of benzene rings is 2. The topological polar surface area (TPSA) is 25.2 Å². The predicted molar refractivity (Wildman–Crippen MR) is 88.4 cm³/mol. The van der Waals surface area contributed by atoms with Crippen molar-refractivity contribution in [3.63, 3.8) is 0 Å². The molecule has 2 nitrogen and oxygen atoms in total. The van der Waals surface area contributed by atoms with Gasteiger partial charge < -0.3 is 9.73 Å². The molecule has 3 aromatic rings. The first kappa shape index (κ1) is 13.9. The first-order chi connectivity index (χ1) is 10.3. The molecule has 0 unspecified atom stereocenters. The third kappa shape index (κ3) is 3.01. The van der Waals surface area contributed by atoms with Crippen LogP contribution in [0.3, 0.4) is 0 Å². The SMILES string of the molecule is CCCNCc1ccc(C)cc1-c1cc2ccccc2o1. The number of para-hydroxylation sites is 1. The van der Waals surface area contributed by atoms with Crippen LogP contribution >= 0.6 is 0 Å². The highest BCUT2D eigenvalue weighted by atomic mass is 16.3. The molecule has 0 aliphatic heterocycles. The Kier molecular flexibility index (Phi) is 4.07. The van der Waals surface area contributed by atoms with Crippen LogP contribution in [0.1, 0.15) is 24.5 Å². The van der Waals surface area contributed by atoms with Crippen molar-refractivity contribution in [1.82, 2.24) is 5.32 Å². The van der Waals surface area contributed by atoms with Gasteiger partial charge in [0.15, 0.2) is 0 Å². The summed E-state index contributed by atoms with van der Waals surface area (Å²) in [6, 6.07) is 16.9. The minimum absolute atomic E-state index is 0.875. The Labute approximate surface area is 125 Å². The quantitative estimate of drug-likeness (QED) is 0.671. The summed E-state index contributed by atoms with van der Waals surface area (Å²) in [5.41, 5.74) is 4.68. The molecule has 3 rings (SSSR count). The second-order valence-electron chi connectivity index (χ2n) is 5.49. The molecule has 0 saturated heterocycles. The van der Waals surface area contributed by atoms with Gasteiger partial charge in [-0.15, -0.1) is 0 Å². The maximum absolute atomic E-state index is 6.03. The van der Waals surface area contributed by atoms with Gasteiger partial charge in [0, 0.05) is 17.5 Å². The summed E-state index contributed by atoms with van der Waals surface area (Å²) in [5.74, 6) is 0.952. The number of hydrogen-bond donors (Lipinski definition) is 1. The van der Waals surface area contributed by atoms with Crippen molar-refractivity contribution in [1.29, 1.82) is 0 Å². The molecule has 0 atom stereocenters. The van der Waals surface area contributed by atoms with Crippen LogP contribution in [0.5, 0.6) is 0 Å². The largest absolute Gasteiger partial charge is 0.456 e. The summed E-state index contributed by atoms with van der Waals surface area (Å²) in [6.07, 6.45) is 1.14. The molecule has 1 N–H and O–H groups in total. The van der Waals surface area contributed by atoms with Gasteiger partial charge in [0.05, 0.1) is 0 Å². The summed E-state index contributed by atoms with van der Waals surface area (Å²) in [7, 11) is 0. The lowest BCUT2D eigenvalue weighted by Crippen LogP contribution is -2.14. The van der Waals surface area contributed by atoms with Gasteiger partial charge in [0.25, 0.3) is 0 Å². The Hall–Kier alpha value is -2.06. The van der Waals surface area contributed by atoms with Crippen LogP contribution in [0.4, 0.5) is 0 Å². The number of fused-ring (bicyclic) bond motifs is 1. The third-order valence-corrected chi connectivity index (χ3v) is 3.70. The molecule has 0 bridgehead atoms. The Bertz CT molecular complexity index is 709. The Balaban J connectivity index is 2.00. The molecule has 1 heterocycles.